The number of nitrogens with two attached hydrogens (primary N) is 1. The van der Waals surface area contributed by atoms with Crippen LogP contribution in [0.5, 0.6) is 0 Å². The molecule has 0 aliphatic carbocycles. The highest BCUT2D eigenvalue weighted by molar-refractivity contribution is 5.94. The normalized spacial score (nSPS) is 14.8. The molecule has 1 amide bonds. The van der Waals surface area contributed by atoms with E-state index in [4.69, 9.17) is 10.7 Å². The number of carbonyl (C=O) groups is 1. The van der Waals surface area contributed by atoms with Gasteiger partial charge in [-0.15, -0.1) is 0 Å². The van der Waals surface area contributed by atoms with Crippen molar-refractivity contribution in [3.05, 3.63) is 59.3 Å². The molecule has 3 rings (SSSR count). The lowest BCUT2D eigenvalue weighted by atomic mass is 10.0. The van der Waals surface area contributed by atoms with E-state index in [0.717, 1.165) is 43.3 Å². The molecule has 1 saturated heterocycles. The van der Waals surface area contributed by atoms with Crippen LogP contribution in [0.4, 0.5) is 5.82 Å². The molecule has 0 saturated carbocycles. The molecule has 1 fully saturated rings. The summed E-state index contributed by atoms with van der Waals surface area (Å²) in [7, 11) is 0. The molecule has 2 aromatic rings. The molecule has 114 valence electrons. The molecule has 0 unspecified atom stereocenters. The Kier molecular flexibility index (Phi) is 4.34. The first-order valence-electron chi connectivity index (χ1n) is 7.53. The molecule has 5 nitrogen and oxygen atoms in total. The highest BCUT2D eigenvalue weighted by atomic mass is 16.1. The maximum Gasteiger partial charge on any atom is 0.250 e. The molecular weight excluding hydrogens is 276 g/mol. The van der Waals surface area contributed by atoms with Gasteiger partial charge >= 0.3 is 0 Å². The number of aromatic nitrogens is 1. The highest BCUT2D eigenvalue weighted by Crippen LogP contribution is 2.18. The van der Waals surface area contributed by atoms with Crippen molar-refractivity contribution in [2.75, 3.05) is 31.1 Å². The number of benzene rings is 1. The summed E-state index contributed by atoms with van der Waals surface area (Å²) >= 11 is 0. The zero-order valence-corrected chi connectivity index (χ0v) is 12.5. The fourth-order valence-electron chi connectivity index (χ4n) is 2.71. The number of anilines is 1. The molecule has 1 aromatic carbocycles. The molecule has 22 heavy (non-hydrogen) atoms. The second kappa shape index (κ2) is 6.58. The molecular formula is C17H20N4O. The lowest BCUT2D eigenvalue weighted by molar-refractivity contribution is 0.0999. The van der Waals surface area contributed by atoms with Crippen molar-refractivity contribution in [3.63, 3.8) is 0 Å². The molecule has 0 radical (unpaired) electrons. The first-order chi connectivity index (χ1) is 10.7. The minimum Gasteiger partial charge on any atom is -0.366 e. The Morgan fingerprint density at radius 2 is 1.86 bits per heavy atom. The number of primary amides is 1. The van der Waals surface area contributed by atoms with E-state index in [2.05, 4.69) is 10.2 Å². The highest BCUT2D eigenvalue weighted by Gasteiger charge is 2.16. The Labute approximate surface area is 130 Å². The van der Waals surface area contributed by atoms with Crippen molar-refractivity contribution in [3.8, 4) is 0 Å². The van der Waals surface area contributed by atoms with Gasteiger partial charge in [0.2, 0.25) is 0 Å². The predicted octanol–water partition coefficient (Wildman–Crippen LogP) is 1.18. The topological polar surface area (TPSA) is 71.2 Å². The Hall–Kier alpha value is -2.40. The molecule has 1 aliphatic rings. The van der Waals surface area contributed by atoms with Crippen LogP contribution >= 0.6 is 0 Å². The van der Waals surface area contributed by atoms with Gasteiger partial charge in [-0.05, 0) is 17.7 Å². The molecule has 0 spiro atoms. The van der Waals surface area contributed by atoms with Crippen molar-refractivity contribution >= 4 is 11.7 Å². The average Bonchev–Trinajstić information content (AvgIpc) is 2.56. The molecule has 5 heteroatoms. The van der Waals surface area contributed by atoms with Crippen LogP contribution < -0.4 is 16.0 Å². The Morgan fingerprint density at radius 3 is 2.55 bits per heavy atom. The second-order valence-corrected chi connectivity index (χ2v) is 5.43. The monoisotopic (exact) mass is 296 g/mol. The molecule has 1 aliphatic heterocycles. The minimum atomic E-state index is -0.426. The molecule has 3 N–H and O–H groups in total. The maximum atomic E-state index is 11.7. The van der Waals surface area contributed by atoms with Gasteiger partial charge in [0.15, 0.2) is 0 Å². The molecule has 0 bridgehead atoms. The van der Waals surface area contributed by atoms with Gasteiger partial charge in [-0.2, -0.15) is 0 Å². The van der Waals surface area contributed by atoms with Crippen LogP contribution in [0.15, 0.2) is 42.5 Å². The van der Waals surface area contributed by atoms with E-state index in [1.54, 1.807) is 6.07 Å². The van der Waals surface area contributed by atoms with Gasteiger partial charge in [0.05, 0.1) is 11.3 Å². The number of carbonyl (C=O) groups excluding carboxylic acids is 1. The van der Waals surface area contributed by atoms with Crippen LogP contribution in [0.2, 0.25) is 0 Å². The van der Waals surface area contributed by atoms with Crippen LogP contribution in [-0.2, 0) is 6.42 Å². The number of piperazine rings is 1. The van der Waals surface area contributed by atoms with Crippen molar-refractivity contribution in [1.29, 1.82) is 0 Å². The smallest absolute Gasteiger partial charge is 0.250 e. The van der Waals surface area contributed by atoms with E-state index < -0.39 is 5.91 Å². The van der Waals surface area contributed by atoms with E-state index in [1.807, 2.05) is 36.4 Å². The van der Waals surface area contributed by atoms with Gasteiger partial charge < -0.3 is 16.0 Å². The van der Waals surface area contributed by atoms with Gasteiger partial charge in [-0.25, -0.2) is 4.98 Å². The van der Waals surface area contributed by atoms with Gasteiger partial charge in [0.1, 0.15) is 5.82 Å². The van der Waals surface area contributed by atoms with E-state index in [-0.39, 0.29) is 0 Å². The summed E-state index contributed by atoms with van der Waals surface area (Å²) in [6.45, 7) is 3.75. The number of amides is 1. The number of nitrogens with one attached hydrogen (secondary N) is 1. The summed E-state index contributed by atoms with van der Waals surface area (Å²) in [5.41, 5.74) is 7.86. The molecule has 0 atom stereocenters. The third kappa shape index (κ3) is 3.26. The zero-order valence-electron chi connectivity index (χ0n) is 12.5. The zero-order chi connectivity index (χ0) is 15.4. The van der Waals surface area contributed by atoms with Gasteiger partial charge in [0, 0.05) is 32.6 Å². The fraction of sp³-hybridized carbons (Fsp3) is 0.294. The number of pyridine rings is 1. The summed E-state index contributed by atoms with van der Waals surface area (Å²) in [6.07, 6.45) is 0.610. The number of hydrogen-bond donors (Lipinski definition) is 2. The summed E-state index contributed by atoms with van der Waals surface area (Å²) in [4.78, 5) is 18.6. The SMILES string of the molecule is NC(=O)c1ccc(N2CCNCC2)nc1Cc1ccccc1. The fourth-order valence-corrected chi connectivity index (χ4v) is 2.71. The first-order valence-corrected chi connectivity index (χ1v) is 7.53. The van der Waals surface area contributed by atoms with Crippen LogP contribution in [0.1, 0.15) is 21.6 Å². The van der Waals surface area contributed by atoms with Crippen LogP contribution in [-0.4, -0.2) is 37.1 Å². The van der Waals surface area contributed by atoms with Crippen LogP contribution in [0, 0.1) is 0 Å². The van der Waals surface area contributed by atoms with Gasteiger partial charge in [-0.3, -0.25) is 4.79 Å². The predicted molar refractivity (Wildman–Crippen MR) is 87.1 cm³/mol. The van der Waals surface area contributed by atoms with Crippen molar-refractivity contribution in [2.24, 2.45) is 5.73 Å². The summed E-state index contributed by atoms with van der Waals surface area (Å²) in [5, 5.41) is 3.32. The Balaban J connectivity index is 1.92. The summed E-state index contributed by atoms with van der Waals surface area (Å²) in [5.74, 6) is 0.489. The van der Waals surface area contributed by atoms with Gasteiger partial charge in [0.25, 0.3) is 5.91 Å². The van der Waals surface area contributed by atoms with E-state index in [1.165, 1.54) is 0 Å². The number of nitrogens with zero attached hydrogens (tertiary/aromatic N) is 2. The Bertz CT molecular complexity index is 651. The summed E-state index contributed by atoms with van der Waals surface area (Å²) in [6, 6.07) is 13.7. The van der Waals surface area contributed by atoms with Crippen molar-refractivity contribution in [2.45, 2.75) is 6.42 Å². The minimum absolute atomic E-state index is 0.426. The number of rotatable bonds is 4. The maximum absolute atomic E-state index is 11.7. The van der Waals surface area contributed by atoms with Gasteiger partial charge in [-0.1, -0.05) is 30.3 Å². The van der Waals surface area contributed by atoms with Crippen molar-refractivity contribution in [1.82, 2.24) is 10.3 Å². The van der Waals surface area contributed by atoms with Crippen LogP contribution in [0.3, 0.4) is 0 Å². The largest absolute Gasteiger partial charge is 0.366 e. The number of hydrogen-bond acceptors (Lipinski definition) is 4. The summed E-state index contributed by atoms with van der Waals surface area (Å²) < 4.78 is 0. The Morgan fingerprint density at radius 1 is 1.14 bits per heavy atom. The van der Waals surface area contributed by atoms with E-state index in [9.17, 15) is 4.79 Å². The average molecular weight is 296 g/mol. The standard InChI is InChI=1S/C17H20N4O/c18-17(22)14-6-7-16(21-10-8-19-9-11-21)20-15(14)12-13-4-2-1-3-5-13/h1-7,19H,8-12H2,(H2,18,22). The van der Waals surface area contributed by atoms with E-state index in [0.29, 0.717) is 12.0 Å². The van der Waals surface area contributed by atoms with Crippen LogP contribution in [0.25, 0.3) is 0 Å². The lowest BCUT2D eigenvalue weighted by Crippen LogP contribution is -2.44. The third-order valence-corrected chi connectivity index (χ3v) is 3.88. The second-order valence-electron chi connectivity index (χ2n) is 5.43. The molecule has 1 aromatic heterocycles. The third-order valence-electron chi connectivity index (χ3n) is 3.88. The quantitative estimate of drug-likeness (QED) is 0.889. The van der Waals surface area contributed by atoms with E-state index >= 15 is 0 Å². The molecule has 2 heterocycles. The first kappa shape index (κ1) is 14.5. The van der Waals surface area contributed by atoms with Crippen molar-refractivity contribution < 1.29 is 4.79 Å². The lowest BCUT2D eigenvalue weighted by Gasteiger charge is -2.29.